The minimum Gasteiger partial charge on any atom is -0.469 e. The van der Waals surface area contributed by atoms with Crippen molar-refractivity contribution < 1.29 is 23.5 Å². The molecule has 1 aromatic heterocycles. The van der Waals surface area contributed by atoms with E-state index in [0.717, 1.165) is 34.4 Å². The molecular formula is C32H32N4O5. The number of carbonyl (C=O) groups is 2. The van der Waals surface area contributed by atoms with Gasteiger partial charge in [-0.15, -0.1) is 0 Å². The highest BCUT2D eigenvalue weighted by atomic mass is 16.5. The number of methoxy groups -OCH3 is 1. The van der Waals surface area contributed by atoms with E-state index in [4.69, 9.17) is 19.6 Å². The van der Waals surface area contributed by atoms with E-state index in [2.05, 4.69) is 52.1 Å². The molecule has 7 rings (SSSR count). The Morgan fingerprint density at radius 2 is 2.02 bits per heavy atom. The van der Waals surface area contributed by atoms with Crippen molar-refractivity contribution in [2.24, 2.45) is 11.7 Å². The second-order valence-electron chi connectivity index (χ2n) is 11.5. The number of aromatic nitrogens is 1. The smallest absolute Gasteiger partial charge is 0.360 e. The molecule has 3 unspecified atom stereocenters. The molecule has 3 aromatic rings. The maximum Gasteiger partial charge on any atom is 0.360 e. The highest BCUT2D eigenvalue weighted by Crippen LogP contribution is 2.59. The van der Waals surface area contributed by atoms with E-state index in [0.29, 0.717) is 17.9 Å². The van der Waals surface area contributed by atoms with E-state index in [-0.39, 0.29) is 29.3 Å². The standard InChI is InChI=1S/C32H32N4O5/c1-16(2)24-29-35-26(30(38)39-3)27(41-29)32-20-11-7-10-19(18-8-5-4-6-9-18)25(20)36-31(32)40-23-13-12-17(14-21(23)32)15-22(33)28(37)34-24/h4-8,10-14,16,18,22,24,31,36H,9,15,33H2,1-3H3,(H,34,37)/t18?,22-,24-,31?,32?/m0/s1. The highest BCUT2D eigenvalue weighted by molar-refractivity contribution is 5.91. The minimum atomic E-state index is -1.05. The van der Waals surface area contributed by atoms with Crippen LogP contribution >= 0.6 is 0 Å². The summed E-state index contributed by atoms with van der Waals surface area (Å²) < 4.78 is 18.5. The van der Waals surface area contributed by atoms with E-state index < -0.39 is 29.7 Å². The zero-order valence-corrected chi connectivity index (χ0v) is 23.1. The first-order valence-electron chi connectivity index (χ1n) is 14.0. The molecule has 4 aliphatic rings. The third-order valence-corrected chi connectivity index (χ3v) is 8.69. The predicted octanol–water partition coefficient (Wildman–Crippen LogP) is 4.24. The number of allylic oxidation sites excluding steroid dienone is 4. The molecule has 41 heavy (non-hydrogen) atoms. The number of hydrogen-bond acceptors (Lipinski definition) is 8. The molecule has 2 aromatic carbocycles. The van der Waals surface area contributed by atoms with Gasteiger partial charge in [-0.05, 0) is 41.5 Å². The number of hydrogen-bond donors (Lipinski definition) is 3. The Bertz CT molecular complexity index is 1640. The van der Waals surface area contributed by atoms with E-state index in [1.165, 1.54) is 7.11 Å². The average molecular weight is 553 g/mol. The second kappa shape index (κ2) is 9.34. The fourth-order valence-electron chi connectivity index (χ4n) is 6.66. The van der Waals surface area contributed by atoms with Gasteiger partial charge in [0.25, 0.3) is 0 Å². The molecule has 5 atom stereocenters. The first kappa shape index (κ1) is 25.6. The summed E-state index contributed by atoms with van der Waals surface area (Å²) in [5.74, 6) is 0.343. The van der Waals surface area contributed by atoms with Gasteiger partial charge in [-0.3, -0.25) is 4.79 Å². The van der Waals surface area contributed by atoms with Gasteiger partial charge in [-0.1, -0.05) is 68.5 Å². The van der Waals surface area contributed by atoms with E-state index >= 15 is 0 Å². The van der Waals surface area contributed by atoms with Crippen LogP contribution in [0.1, 0.15) is 76.6 Å². The van der Waals surface area contributed by atoms with E-state index in [1.807, 2.05) is 38.1 Å². The number of amides is 1. The molecule has 9 nitrogen and oxygen atoms in total. The van der Waals surface area contributed by atoms with Crippen LogP contribution in [-0.2, 0) is 21.4 Å². The van der Waals surface area contributed by atoms with Gasteiger partial charge in [0, 0.05) is 17.2 Å². The lowest BCUT2D eigenvalue weighted by molar-refractivity contribution is -0.123. The van der Waals surface area contributed by atoms with Crippen LogP contribution in [0, 0.1) is 5.92 Å². The average Bonchev–Trinajstić information content (AvgIpc) is 3.64. The molecule has 4 N–H and O–H groups in total. The molecule has 0 saturated heterocycles. The number of para-hydroxylation sites is 1. The minimum absolute atomic E-state index is 0.0540. The van der Waals surface area contributed by atoms with Gasteiger partial charge in [-0.2, -0.15) is 0 Å². The fraction of sp³-hybridized carbons (Fsp3) is 0.344. The van der Waals surface area contributed by atoms with Gasteiger partial charge >= 0.3 is 5.97 Å². The molecular weight excluding hydrogens is 520 g/mol. The number of nitrogens with zero attached hydrogens (tertiary/aromatic N) is 1. The number of oxazole rings is 1. The van der Waals surface area contributed by atoms with Gasteiger partial charge < -0.3 is 30.3 Å². The molecule has 4 heterocycles. The maximum atomic E-state index is 13.3. The van der Waals surface area contributed by atoms with E-state index in [9.17, 15) is 9.59 Å². The van der Waals surface area contributed by atoms with Crippen LogP contribution in [0.15, 0.2) is 65.1 Å². The number of ether oxygens (including phenoxy) is 2. The third kappa shape index (κ3) is 3.68. The lowest BCUT2D eigenvalue weighted by atomic mass is 9.71. The topological polar surface area (TPSA) is 129 Å². The monoisotopic (exact) mass is 552 g/mol. The van der Waals surface area contributed by atoms with Gasteiger partial charge in [-0.25, -0.2) is 9.78 Å². The Kier molecular flexibility index (Phi) is 5.83. The first-order chi connectivity index (χ1) is 19.8. The number of nitrogens with two attached hydrogens (primary N) is 1. The van der Waals surface area contributed by atoms with Gasteiger partial charge in [0.05, 0.1) is 13.2 Å². The summed E-state index contributed by atoms with van der Waals surface area (Å²) in [6.45, 7) is 3.91. The van der Waals surface area contributed by atoms with Gasteiger partial charge in [0.2, 0.25) is 11.8 Å². The molecule has 1 spiro atoms. The Morgan fingerprint density at radius 3 is 2.78 bits per heavy atom. The molecule has 0 fully saturated rings. The highest BCUT2D eigenvalue weighted by Gasteiger charge is 2.61. The number of anilines is 1. The van der Waals surface area contributed by atoms with E-state index in [1.54, 1.807) is 0 Å². The maximum absolute atomic E-state index is 13.3. The molecule has 4 bridgehead atoms. The van der Waals surface area contributed by atoms with Crippen molar-refractivity contribution in [3.05, 3.63) is 100 Å². The number of esters is 1. The zero-order chi connectivity index (χ0) is 28.5. The summed E-state index contributed by atoms with van der Waals surface area (Å²) >= 11 is 0. The summed E-state index contributed by atoms with van der Waals surface area (Å²) in [5, 5.41) is 6.67. The summed E-state index contributed by atoms with van der Waals surface area (Å²) in [7, 11) is 1.32. The Labute approximate surface area is 237 Å². The normalized spacial score (nSPS) is 27.2. The number of benzene rings is 2. The van der Waals surface area contributed by atoms with Crippen LogP contribution in [0.3, 0.4) is 0 Å². The Morgan fingerprint density at radius 1 is 1.17 bits per heavy atom. The molecule has 210 valence electrons. The van der Waals surface area contributed by atoms with Crippen LogP contribution in [0.5, 0.6) is 5.75 Å². The third-order valence-electron chi connectivity index (χ3n) is 8.69. The predicted molar refractivity (Wildman–Crippen MR) is 152 cm³/mol. The summed E-state index contributed by atoms with van der Waals surface area (Å²) in [4.78, 5) is 31.2. The molecule has 0 saturated carbocycles. The SMILES string of the molecule is COC(=O)c1nc2oc1C13c4cc(ccc4OC1Nc1c(C4C=CC=CC4)cccc13)C[C@H](N)C(=O)N[C@H]2C(C)C. The molecule has 0 radical (unpaired) electrons. The van der Waals surface area contributed by atoms with Crippen molar-refractivity contribution in [1.29, 1.82) is 0 Å². The molecule has 1 amide bonds. The van der Waals surface area contributed by atoms with Crippen molar-refractivity contribution in [3.63, 3.8) is 0 Å². The summed E-state index contributed by atoms with van der Waals surface area (Å²) in [6.07, 6.45) is 9.08. The van der Waals surface area contributed by atoms with Crippen molar-refractivity contribution in [3.8, 4) is 5.75 Å². The van der Waals surface area contributed by atoms with Gasteiger partial charge in [0.1, 0.15) is 17.2 Å². The van der Waals surface area contributed by atoms with Crippen LogP contribution in [0.4, 0.5) is 5.69 Å². The Hall–Kier alpha value is -4.37. The summed E-state index contributed by atoms with van der Waals surface area (Å²) in [6, 6.07) is 10.7. The Balaban J connectivity index is 1.55. The van der Waals surface area contributed by atoms with Crippen LogP contribution < -0.4 is 21.1 Å². The summed E-state index contributed by atoms with van der Waals surface area (Å²) in [5.41, 5.74) is 10.1. The molecule has 3 aliphatic heterocycles. The largest absolute Gasteiger partial charge is 0.469 e. The lowest BCUT2D eigenvalue weighted by Gasteiger charge is -2.28. The number of fused-ring (bicyclic) bond motifs is 4. The van der Waals surface area contributed by atoms with Crippen LogP contribution in [0.2, 0.25) is 0 Å². The van der Waals surface area contributed by atoms with Crippen LogP contribution in [-0.4, -0.2) is 36.2 Å². The van der Waals surface area contributed by atoms with Crippen molar-refractivity contribution >= 4 is 17.6 Å². The quantitative estimate of drug-likeness (QED) is 0.412. The first-order valence-corrected chi connectivity index (χ1v) is 14.0. The number of carbonyl (C=O) groups excluding carboxylic acids is 2. The fourth-order valence-corrected chi connectivity index (χ4v) is 6.66. The molecule has 1 aliphatic carbocycles. The zero-order valence-electron chi connectivity index (χ0n) is 23.1. The molecule has 9 heteroatoms. The van der Waals surface area contributed by atoms with Crippen molar-refractivity contribution in [1.82, 2.24) is 10.3 Å². The van der Waals surface area contributed by atoms with Crippen LogP contribution in [0.25, 0.3) is 0 Å². The van der Waals surface area contributed by atoms with Gasteiger partial charge in [0.15, 0.2) is 17.7 Å². The number of nitrogens with one attached hydrogen (secondary N) is 2. The lowest BCUT2D eigenvalue weighted by Crippen LogP contribution is -2.45. The number of rotatable bonds is 3. The van der Waals surface area contributed by atoms with Crippen molar-refractivity contribution in [2.75, 3.05) is 12.4 Å². The van der Waals surface area contributed by atoms with Crippen molar-refractivity contribution in [2.45, 2.75) is 56.3 Å². The second-order valence-corrected chi connectivity index (χ2v) is 11.5.